The van der Waals surface area contributed by atoms with Crippen molar-refractivity contribution in [2.45, 2.75) is 59.1 Å². The first-order valence-corrected chi connectivity index (χ1v) is 12.0. The number of ether oxygens (including phenoxy) is 2. The van der Waals surface area contributed by atoms with E-state index in [1.165, 1.54) is 7.11 Å². The molecule has 9 nitrogen and oxygen atoms in total. The van der Waals surface area contributed by atoms with Crippen LogP contribution < -0.4 is 5.32 Å². The van der Waals surface area contributed by atoms with Crippen molar-refractivity contribution in [1.29, 1.82) is 0 Å². The Hall–Kier alpha value is -0.540. The second-order valence-electron chi connectivity index (χ2n) is 6.68. The van der Waals surface area contributed by atoms with Gasteiger partial charge in [0.05, 0.1) is 33.9 Å². The number of quaternary nitrogens is 1. The molecule has 1 heterocycles. The highest BCUT2D eigenvalue weighted by Crippen LogP contribution is 2.41. The summed E-state index contributed by atoms with van der Waals surface area (Å²) in [6, 6.07) is 0.0332. The van der Waals surface area contributed by atoms with Crippen LogP contribution in [0.25, 0.3) is 0 Å². The number of hydrogen-bond donors (Lipinski definition) is 2. The highest BCUT2D eigenvalue weighted by Gasteiger charge is 2.39. The highest BCUT2D eigenvalue weighted by molar-refractivity contribution is 7.47. The summed E-state index contributed by atoms with van der Waals surface area (Å²) in [6.07, 6.45) is 2.22. The molecule has 0 bridgehead atoms. The quantitative estimate of drug-likeness (QED) is 0.271. The van der Waals surface area contributed by atoms with E-state index in [1.807, 2.05) is 27.7 Å². The van der Waals surface area contributed by atoms with Crippen molar-refractivity contribution >= 4 is 13.7 Å². The fraction of sp³-hybridized carbons (Fsp3) is 0.947. The first kappa shape index (κ1) is 30.7. The molecule has 0 saturated carbocycles. The number of likely N-dealkylation sites (tertiary alicyclic amines) is 1. The van der Waals surface area contributed by atoms with Crippen LogP contribution in [0.5, 0.6) is 0 Å². The van der Waals surface area contributed by atoms with E-state index < -0.39 is 13.9 Å². The molecule has 176 valence electrons. The van der Waals surface area contributed by atoms with Gasteiger partial charge in [-0.1, -0.05) is 27.7 Å². The summed E-state index contributed by atoms with van der Waals surface area (Å²) in [5.41, 5.74) is 0. The second-order valence-corrected chi connectivity index (χ2v) is 8.24. The number of carbonyl (C=O) groups excluding carboxylic acids is 1. The summed E-state index contributed by atoms with van der Waals surface area (Å²) >= 11 is 0. The third kappa shape index (κ3) is 13.4. The minimum Gasteiger partial charge on any atom is -0.379 e. The Morgan fingerprint density at radius 3 is 2.31 bits per heavy atom. The Morgan fingerprint density at radius 1 is 1.21 bits per heavy atom. The zero-order valence-electron chi connectivity index (χ0n) is 19.6. The summed E-state index contributed by atoms with van der Waals surface area (Å²) in [5, 5.41) is 2.96. The van der Waals surface area contributed by atoms with Crippen molar-refractivity contribution < 1.29 is 37.3 Å². The number of nitrogens with zero attached hydrogens (tertiary/aromatic N) is 1. The molecule has 0 aromatic heterocycles. The molecule has 1 amide bonds. The Balaban J connectivity index is 0. The number of methoxy groups -OCH3 is 1. The predicted octanol–water partition coefficient (Wildman–Crippen LogP) is 2.58. The Bertz CT molecular complexity index is 464. The van der Waals surface area contributed by atoms with Crippen molar-refractivity contribution in [2.24, 2.45) is 0 Å². The van der Waals surface area contributed by atoms with Gasteiger partial charge in [0, 0.05) is 40.2 Å². The van der Waals surface area contributed by atoms with Crippen LogP contribution in [0.4, 0.5) is 0 Å². The molecule has 0 spiro atoms. The molecule has 1 aliphatic rings. The highest BCUT2D eigenvalue weighted by atomic mass is 31.2. The topological polar surface area (TPSA) is 103 Å². The molecule has 1 fully saturated rings. The molecule has 2 N–H and O–H groups in total. The molecule has 10 heteroatoms. The number of nitrogens with one attached hydrogen (secondary N) is 1. The SMILES string of the molecule is CC.CC.COC(COCCCNC(=O)C1CCC[N+]1(C)C)COP(=O)(O)OC. The first-order valence-electron chi connectivity index (χ1n) is 10.5. The van der Waals surface area contributed by atoms with E-state index in [1.54, 1.807) is 0 Å². The molecule has 0 aromatic carbocycles. The molecule has 0 aromatic rings. The van der Waals surface area contributed by atoms with Crippen LogP contribution in [0, 0.1) is 0 Å². The standard InChI is InChI=1S/C15H31N2O7P.2C2H6/c1-17(2)9-5-7-14(17)15(18)16-8-6-10-23-11-13(21-3)12-24-25(19,20)22-4;2*1-2/h13-14H,5-12H2,1-4H3,(H-,16,18,19,20);2*1-2H3/p+1. The molecule has 1 aliphatic heterocycles. The smallest absolute Gasteiger partial charge is 0.379 e. The number of amides is 1. The maximum absolute atomic E-state index is 12.2. The summed E-state index contributed by atoms with van der Waals surface area (Å²) in [5.74, 6) is 0.101. The van der Waals surface area contributed by atoms with Gasteiger partial charge in [0.2, 0.25) is 0 Å². The minimum absolute atomic E-state index is 0.0332. The average Bonchev–Trinajstić information content (AvgIpc) is 3.08. The summed E-state index contributed by atoms with van der Waals surface area (Å²) < 4.78 is 31.6. The van der Waals surface area contributed by atoms with E-state index in [-0.39, 0.29) is 25.2 Å². The lowest BCUT2D eigenvalue weighted by atomic mass is 10.2. The average molecular weight is 444 g/mol. The van der Waals surface area contributed by atoms with Gasteiger partial charge in [0.15, 0.2) is 6.04 Å². The lowest BCUT2D eigenvalue weighted by Gasteiger charge is -2.30. The maximum atomic E-state index is 12.2. The van der Waals surface area contributed by atoms with Gasteiger partial charge in [-0.3, -0.25) is 13.8 Å². The van der Waals surface area contributed by atoms with Crippen LogP contribution in [0.2, 0.25) is 0 Å². The first-order chi connectivity index (χ1) is 13.7. The van der Waals surface area contributed by atoms with E-state index >= 15 is 0 Å². The number of likely N-dealkylation sites (N-methyl/N-ethyl adjacent to an activating group) is 1. The molecule has 29 heavy (non-hydrogen) atoms. The fourth-order valence-corrected chi connectivity index (χ4v) is 3.24. The predicted molar refractivity (Wildman–Crippen MR) is 115 cm³/mol. The molecule has 3 unspecified atom stereocenters. The largest absolute Gasteiger partial charge is 0.472 e. The molecule has 1 saturated heterocycles. The summed E-state index contributed by atoms with van der Waals surface area (Å²) in [4.78, 5) is 21.4. The van der Waals surface area contributed by atoms with E-state index in [4.69, 9.17) is 18.9 Å². The number of carbonyl (C=O) groups is 1. The van der Waals surface area contributed by atoms with Gasteiger partial charge >= 0.3 is 7.82 Å². The third-order valence-corrected chi connectivity index (χ3v) is 5.35. The Labute approximate surface area is 177 Å². The molecular weight excluding hydrogens is 399 g/mol. The lowest BCUT2D eigenvalue weighted by molar-refractivity contribution is -0.893. The van der Waals surface area contributed by atoms with Gasteiger partial charge < -0.3 is 24.2 Å². The van der Waals surface area contributed by atoms with Crippen LogP contribution in [0.15, 0.2) is 0 Å². The minimum atomic E-state index is -4.01. The van der Waals surface area contributed by atoms with Crippen LogP contribution in [-0.2, 0) is 27.9 Å². The van der Waals surface area contributed by atoms with Gasteiger partial charge in [0.25, 0.3) is 5.91 Å². The van der Waals surface area contributed by atoms with E-state index in [2.05, 4.69) is 23.9 Å². The Kier molecular flexibility index (Phi) is 18.2. The van der Waals surface area contributed by atoms with Crippen LogP contribution in [0.1, 0.15) is 47.0 Å². The lowest BCUT2D eigenvalue weighted by Crippen LogP contribution is -2.52. The van der Waals surface area contributed by atoms with Gasteiger partial charge in [-0.05, 0) is 6.42 Å². The Morgan fingerprint density at radius 2 is 1.83 bits per heavy atom. The normalized spacial score (nSPS) is 20.4. The van der Waals surface area contributed by atoms with Crippen molar-refractivity contribution in [3.63, 3.8) is 0 Å². The second kappa shape index (κ2) is 17.2. The van der Waals surface area contributed by atoms with Crippen LogP contribution in [-0.4, -0.2) is 88.7 Å². The number of phosphoric acid groups is 1. The van der Waals surface area contributed by atoms with Crippen molar-refractivity contribution in [2.75, 3.05) is 61.2 Å². The third-order valence-electron chi connectivity index (χ3n) is 4.41. The number of rotatable bonds is 12. The van der Waals surface area contributed by atoms with Crippen LogP contribution >= 0.6 is 7.82 Å². The van der Waals surface area contributed by atoms with Gasteiger partial charge in [-0.2, -0.15) is 0 Å². The van der Waals surface area contributed by atoms with Crippen molar-refractivity contribution in [3.05, 3.63) is 0 Å². The molecule has 1 rings (SSSR count). The molecule has 3 atom stereocenters. The summed E-state index contributed by atoms with van der Waals surface area (Å²) in [7, 11) is 2.73. The van der Waals surface area contributed by atoms with Crippen LogP contribution in [0.3, 0.4) is 0 Å². The van der Waals surface area contributed by atoms with Crippen molar-refractivity contribution in [1.82, 2.24) is 5.32 Å². The van der Waals surface area contributed by atoms with Gasteiger partial charge in [-0.15, -0.1) is 0 Å². The maximum Gasteiger partial charge on any atom is 0.472 e. The number of hydrogen-bond acceptors (Lipinski definition) is 6. The molecule has 0 radical (unpaired) electrons. The molecule has 0 aliphatic carbocycles. The van der Waals surface area contributed by atoms with Gasteiger partial charge in [-0.25, -0.2) is 4.57 Å². The number of phosphoric ester groups is 1. The van der Waals surface area contributed by atoms with E-state index in [9.17, 15) is 9.36 Å². The zero-order chi connectivity index (χ0) is 22.9. The molecular formula is C19H44N2O7P+. The van der Waals surface area contributed by atoms with Gasteiger partial charge in [0.1, 0.15) is 6.10 Å². The monoisotopic (exact) mass is 443 g/mol. The van der Waals surface area contributed by atoms with E-state index in [0.29, 0.717) is 19.6 Å². The summed E-state index contributed by atoms with van der Waals surface area (Å²) in [6.45, 7) is 10.2. The zero-order valence-corrected chi connectivity index (χ0v) is 20.5. The van der Waals surface area contributed by atoms with Crippen molar-refractivity contribution in [3.8, 4) is 0 Å². The van der Waals surface area contributed by atoms with E-state index in [0.717, 1.165) is 31.0 Å². The fourth-order valence-electron chi connectivity index (χ4n) is 2.78.